The van der Waals surface area contributed by atoms with Crippen molar-refractivity contribution in [3.8, 4) is 27.9 Å². The van der Waals surface area contributed by atoms with Gasteiger partial charge in [-0.1, -0.05) is 140 Å². The van der Waals surface area contributed by atoms with Crippen molar-refractivity contribution in [2.45, 2.75) is 12.3 Å². The standard InChI is InChI=1S/C60H40N2S/c1-4-15-39(16-5-1)52-36-43-34-47(29-30-48(43)49-23-10-11-24-50(49)52)61(44-18-6-2-7-19-44)46-22-14-17-40(33-46)41-27-31-56-55(35-41)60-53-38-54-51-25-12-13-26-58(51)63-59(54)37-42(53)28-32-57(60)62(56)45-20-8-3-9-21-45/h1-35,37-38,52H,36H2. The Labute approximate surface area is 370 Å². The summed E-state index contributed by atoms with van der Waals surface area (Å²) in [4.78, 5) is 2.42. The topological polar surface area (TPSA) is 8.17 Å². The highest BCUT2D eigenvalue weighted by Crippen LogP contribution is 2.47. The Morgan fingerprint density at radius 3 is 2.02 bits per heavy atom. The van der Waals surface area contributed by atoms with Crippen LogP contribution in [0.4, 0.5) is 17.1 Å². The zero-order chi connectivity index (χ0) is 41.4. The van der Waals surface area contributed by atoms with Gasteiger partial charge in [0.25, 0.3) is 0 Å². The molecular weight excluding hydrogens is 781 g/mol. The van der Waals surface area contributed by atoms with Crippen LogP contribution in [0, 0.1) is 0 Å². The molecule has 3 heteroatoms. The monoisotopic (exact) mass is 820 g/mol. The molecule has 1 aliphatic carbocycles. The van der Waals surface area contributed by atoms with E-state index in [1.54, 1.807) is 0 Å². The second-order valence-corrected chi connectivity index (χ2v) is 17.9. The van der Waals surface area contributed by atoms with Crippen molar-refractivity contribution in [2.24, 2.45) is 0 Å². The number of fused-ring (bicyclic) bond motifs is 11. The summed E-state index contributed by atoms with van der Waals surface area (Å²) in [6, 6.07) is 83.1. The number of para-hydroxylation sites is 2. The molecule has 13 rings (SSSR count). The number of aromatic nitrogens is 1. The fourth-order valence-electron chi connectivity index (χ4n) is 10.5. The van der Waals surface area contributed by atoms with Crippen molar-refractivity contribution < 1.29 is 0 Å². The molecule has 0 saturated carbocycles. The minimum Gasteiger partial charge on any atom is -0.310 e. The van der Waals surface area contributed by atoms with Crippen LogP contribution in [0.25, 0.3) is 80.7 Å². The van der Waals surface area contributed by atoms with Crippen LogP contribution in [0.3, 0.4) is 0 Å². The van der Waals surface area contributed by atoms with Crippen LogP contribution >= 0.6 is 11.3 Å². The van der Waals surface area contributed by atoms with Crippen LogP contribution in [0.15, 0.2) is 224 Å². The minimum absolute atomic E-state index is 0.300. The van der Waals surface area contributed by atoms with Crippen LogP contribution in [0.1, 0.15) is 22.6 Å². The molecule has 0 saturated heterocycles. The van der Waals surface area contributed by atoms with Crippen LogP contribution in [-0.4, -0.2) is 4.57 Å². The first-order valence-electron chi connectivity index (χ1n) is 21.8. The fraction of sp³-hybridized carbons (Fsp3) is 0.0333. The SMILES string of the molecule is c1ccc(C2Cc3cc(N(c4ccccc4)c4cccc(-c5ccc6c(c5)c5c7cc8c(cc7ccc5n6-c5ccccc5)sc5ccccc58)c4)ccc3-c3ccccc32)cc1. The quantitative estimate of drug-likeness (QED) is 0.162. The van der Waals surface area contributed by atoms with Gasteiger partial charge in [-0.2, -0.15) is 0 Å². The van der Waals surface area contributed by atoms with Crippen molar-refractivity contribution in [1.29, 1.82) is 0 Å². The van der Waals surface area contributed by atoms with Gasteiger partial charge in [0.1, 0.15) is 0 Å². The van der Waals surface area contributed by atoms with E-state index in [2.05, 4.69) is 234 Å². The molecule has 1 unspecified atom stereocenters. The molecule has 0 fully saturated rings. The highest BCUT2D eigenvalue weighted by atomic mass is 32.1. The maximum absolute atomic E-state index is 2.45. The Morgan fingerprint density at radius 1 is 0.429 bits per heavy atom. The largest absolute Gasteiger partial charge is 0.310 e. The number of benzene rings is 10. The number of nitrogens with zero attached hydrogens (tertiary/aromatic N) is 2. The third-order valence-corrected chi connectivity index (χ3v) is 14.4. The first-order chi connectivity index (χ1) is 31.2. The van der Waals surface area contributed by atoms with Crippen molar-refractivity contribution in [2.75, 3.05) is 4.90 Å². The zero-order valence-electron chi connectivity index (χ0n) is 34.4. The van der Waals surface area contributed by atoms with E-state index in [-0.39, 0.29) is 0 Å². The molecule has 0 N–H and O–H groups in total. The number of rotatable bonds is 6. The molecule has 2 nitrogen and oxygen atoms in total. The van der Waals surface area contributed by atoms with Gasteiger partial charge in [-0.3, -0.25) is 0 Å². The summed E-state index contributed by atoms with van der Waals surface area (Å²) in [7, 11) is 0. The normalized spacial score (nSPS) is 13.5. The molecule has 1 atom stereocenters. The van der Waals surface area contributed by atoms with Crippen molar-refractivity contribution in [1.82, 2.24) is 4.57 Å². The molecule has 0 aliphatic heterocycles. The highest BCUT2D eigenvalue weighted by Gasteiger charge is 2.27. The Bertz CT molecular complexity index is 3710. The number of hydrogen-bond acceptors (Lipinski definition) is 2. The Morgan fingerprint density at radius 2 is 1.14 bits per heavy atom. The van der Waals surface area contributed by atoms with Crippen LogP contribution in [-0.2, 0) is 6.42 Å². The minimum atomic E-state index is 0.300. The Kier molecular flexibility index (Phi) is 8.25. The molecule has 2 aromatic heterocycles. The van der Waals surface area contributed by atoms with Gasteiger partial charge in [-0.25, -0.2) is 0 Å². The third kappa shape index (κ3) is 5.85. The summed E-state index contributed by atoms with van der Waals surface area (Å²) in [5.41, 5.74) is 16.2. The predicted molar refractivity (Wildman–Crippen MR) is 269 cm³/mol. The lowest BCUT2D eigenvalue weighted by molar-refractivity contribution is 0.794. The van der Waals surface area contributed by atoms with Crippen molar-refractivity contribution >= 4 is 81.1 Å². The second kappa shape index (κ2) is 14.4. The molecule has 10 aromatic carbocycles. The summed E-state index contributed by atoms with van der Waals surface area (Å²) in [6.45, 7) is 0. The maximum Gasteiger partial charge on any atom is 0.0547 e. The Hall–Kier alpha value is -7.72. The van der Waals surface area contributed by atoms with Crippen molar-refractivity contribution in [3.63, 3.8) is 0 Å². The smallest absolute Gasteiger partial charge is 0.0547 e. The van der Waals surface area contributed by atoms with Gasteiger partial charge >= 0.3 is 0 Å². The van der Waals surface area contributed by atoms with E-state index < -0.39 is 0 Å². The van der Waals surface area contributed by atoms with Crippen LogP contribution in [0.2, 0.25) is 0 Å². The number of anilines is 3. The summed E-state index contributed by atoms with van der Waals surface area (Å²) >= 11 is 1.88. The van der Waals surface area contributed by atoms with Gasteiger partial charge in [0.2, 0.25) is 0 Å². The Balaban J connectivity index is 0.978. The first kappa shape index (κ1) is 36.0. The van der Waals surface area contributed by atoms with Crippen LogP contribution < -0.4 is 4.90 Å². The molecule has 1 aliphatic rings. The van der Waals surface area contributed by atoms with Gasteiger partial charge in [0, 0.05) is 59.6 Å². The lowest BCUT2D eigenvalue weighted by atomic mass is 9.75. The average Bonchev–Trinajstić information content (AvgIpc) is 3.89. The van der Waals surface area contributed by atoms with E-state index in [0.717, 1.165) is 29.2 Å². The van der Waals surface area contributed by atoms with Crippen molar-refractivity contribution in [3.05, 3.63) is 241 Å². The van der Waals surface area contributed by atoms with E-state index in [4.69, 9.17) is 0 Å². The van der Waals surface area contributed by atoms with E-state index in [9.17, 15) is 0 Å². The van der Waals surface area contributed by atoms with E-state index in [0.29, 0.717) is 5.92 Å². The lowest BCUT2D eigenvalue weighted by Gasteiger charge is -2.31. The molecule has 0 radical (unpaired) electrons. The van der Waals surface area contributed by atoms with Gasteiger partial charge < -0.3 is 9.47 Å². The predicted octanol–water partition coefficient (Wildman–Crippen LogP) is 16.8. The van der Waals surface area contributed by atoms with E-state index in [1.807, 2.05) is 11.3 Å². The summed E-state index contributed by atoms with van der Waals surface area (Å²) in [6.07, 6.45) is 0.951. The van der Waals surface area contributed by atoms with E-state index >= 15 is 0 Å². The molecule has 296 valence electrons. The average molecular weight is 821 g/mol. The molecule has 0 spiro atoms. The third-order valence-electron chi connectivity index (χ3n) is 13.3. The van der Waals surface area contributed by atoms with Gasteiger partial charge in [-0.15, -0.1) is 11.3 Å². The molecule has 2 heterocycles. The molecule has 0 bridgehead atoms. The molecule has 12 aromatic rings. The first-order valence-corrected chi connectivity index (χ1v) is 22.7. The summed E-state index contributed by atoms with van der Waals surface area (Å²) < 4.78 is 5.10. The fourth-order valence-corrected chi connectivity index (χ4v) is 11.6. The summed E-state index contributed by atoms with van der Waals surface area (Å²) in [5, 5.41) is 7.74. The molecule has 63 heavy (non-hydrogen) atoms. The maximum atomic E-state index is 2.45. The van der Waals surface area contributed by atoms with Gasteiger partial charge in [-0.05, 0) is 141 Å². The second-order valence-electron chi connectivity index (χ2n) is 16.8. The number of hydrogen-bond donors (Lipinski definition) is 0. The van der Waals surface area contributed by atoms with Gasteiger partial charge in [0.05, 0.1) is 11.0 Å². The highest BCUT2D eigenvalue weighted by molar-refractivity contribution is 7.25. The van der Waals surface area contributed by atoms with Crippen LogP contribution in [0.5, 0.6) is 0 Å². The lowest BCUT2D eigenvalue weighted by Crippen LogP contribution is -2.15. The zero-order valence-corrected chi connectivity index (χ0v) is 35.3. The van der Waals surface area contributed by atoms with Gasteiger partial charge in [0.15, 0.2) is 0 Å². The summed E-state index contributed by atoms with van der Waals surface area (Å²) in [5.74, 6) is 0.300. The molecule has 0 amide bonds. The van der Waals surface area contributed by atoms with E-state index in [1.165, 1.54) is 91.7 Å². The molecular formula is C60H40N2S. The number of thiophene rings is 1.